The van der Waals surface area contributed by atoms with Gasteiger partial charge in [-0.15, -0.1) is 0 Å². The highest BCUT2D eigenvalue weighted by Crippen LogP contribution is 2.21. The normalized spacial score (nSPS) is 12.9. The largest absolute Gasteiger partial charge is 0.221 e. The topological polar surface area (TPSA) is 38.7 Å². The molecule has 0 unspecified atom stereocenters. The molecule has 1 aromatic heterocycles. The average Bonchev–Trinajstić information content (AvgIpc) is 2.13. The molecule has 16 heavy (non-hydrogen) atoms. The molecule has 1 aromatic rings. The van der Waals surface area contributed by atoms with Crippen LogP contribution in [0, 0.1) is 5.41 Å². The summed E-state index contributed by atoms with van der Waals surface area (Å²) >= 11 is 0. The van der Waals surface area contributed by atoms with Crippen LogP contribution in [-0.4, -0.2) is 15.0 Å². The summed E-state index contributed by atoms with van der Waals surface area (Å²) in [7, 11) is 0. The highest BCUT2D eigenvalue weighted by molar-refractivity contribution is 5.02. The fourth-order valence-corrected chi connectivity index (χ4v) is 1.30. The van der Waals surface area contributed by atoms with E-state index in [1.807, 2.05) is 0 Å². The van der Waals surface area contributed by atoms with Crippen LogP contribution in [0.5, 0.6) is 0 Å². The van der Waals surface area contributed by atoms with Crippen LogP contribution in [0.1, 0.15) is 59.6 Å². The third-order valence-corrected chi connectivity index (χ3v) is 2.39. The second kappa shape index (κ2) is 4.48. The van der Waals surface area contributed by atoms with E-state index < -0.39 is 0 Å². The van der Waals surface area contributed by atoms with Crippen molar-refractivity contribution in [2.24, 2.45) is 5.41 Å². The van der Waals surface area contributed by atoms with Gasteiger partial charge in [-0.2, -0.15) is 0 Å². The molecular weight excluding hydrogens is 198 g/mol. The van der Waals surface area contributed by atoms with Crippen LogP contribution >= 0.6 is 0 Å². The molecule has 1 heterocycles. The monoisotopic (exact) mass is 221 g/mol. The molecule has 0 aromatic carbocycles. The summed E-state index contributed by atoms with van der Waals surface area (Å²) in [4.78, 5) is 13.0. The van der Waals surface area contributed by atoms with Gasteiger partial charge in [-0.3, -0.25) is 0 Å². The molecule has 0 bridgehead atoms. The maximum Gasteiger partial charge on any atom is 0.137 e. The molecule has 0 aliphatic heterocycles. The number of aromatic nitrogens is 3. The minimum absolute atomic E-state index is 0.000573. The zero-order valence-electron chi connectivity index (χ0n) is 11.3. The van der Waals surface area contributed by atoms with Gasteiger partial charge < -0.3 is 0 Å². The molecule has 0 aliphatic carbocycles. The number of aryl methyl sites for hydroxylation is 1. The van der Waals surface area contributed by atoms with E-state index >= 15 is 0 Å². The summed E-state index contributed by atoms with van der Waals surface area (Å²) in [5.74, 6) is 1.79. The Morgan fingerprint density at radius 3 is 2.12 bits per heavy atom. The van der Waals surface area contributed by atoms with Crippen LogP contribution in [0.15, 0.2) is 6.33 Å². The zero-order chi connectivity index (χ0) is 12.4. The summed E-state index contributed by atoms with van der Waals surface area (Å²) in [6.07, 6.45) is 3.65. The molecule has 0 aliphatic rings. The first kappa shape index (κ1) is 13.1. The third kappa shape index (κ3) is 4.25. The zero-order valence-corrected chi connectivity index (χ0v) is 11.3. The van der Waals surface area contributed by atoms with E-state index in [0.717, 1.165) is 24.5 Å². The summed E-state index contributed by atoms with van der Waals surface area (Å²) in [5.41, 5.74) is 0.327. The van der Waals surface area contributed by atoms with Crippen molar-refractivity contribution in [1.82, 2.24) is 15.0 Å². The highest BCUT2D eigenvalue weighted by atomic mass is 15.0. The number of hydrogen-bond acceptors (Lipinski definition) is 3. The summed E-state index contributed by atoms with van der Waals surface area (Å²) in [5, 5.41) is 0. The molecule has 0 spiro atoms. The van der Waals surface area contributed by atoms with E-state index in [2.05, 4.69) is 56.5 Å². The van der Waals surface area contributed by atoms with Crippen LogP contribution in [0.3, 0.4) is 0 Å². The molecule has 0 saturated carbocycles. The van der Waals surface area contributed by atoms with Gasteiger partial charge in [-0.05, 0) is 11.8 Å². The lowest BCUT2D eigenvalue weighted by Gasteiger charge is -2.19. The van der Waals surface area contributed by atoms with Crippen molar-refractivity contribution >= 4 is 0 Å². The van der Waals surface area contributed by atoms with Crippen molar-refractivity contribution < 1.29 is 0 Å². The number of hydrogen-bond donors (Lipinski definition) is 0. The van der Waals surface area contributed by atoms with E-state index in [1.54, 1.807) is 6.33 Å². The second-order valence-corrected chi connectivity index (χ2v) is 6.54. The molecule has 0 radical (unpaired) electrons. The molecule has 90 valence electrons. The van der Waals surface area contributed by atoms with Crippen LogP contribution in [-0.2, 0) is 11.8 Å². The van der Waals surface area contributed by atoms with Crippen LogP contribution in [0.4, 0.5) is 0 Å². The first-order chi connectivity index (χ1) is 7.18. The van der Waals surface area contributed by atoms with Crippen molar-refractivity contribution in [1.29, 1.82) is 0 Å². The van der Waals surface area contributed by atoms with Crippen molar-refractivity contribution in [3.8, 4) is 0 Å². The highest BCUT2D eigenvalue weighted by Gasteiger charge is 2.18. The SMILES string of the molecule is CC(C)(C)CCc1ncnc(C(C)(C)C)n1. The summed E-state index contributed by atoms with van der Waals surface area (Å²) in [6.45, 7) is 13.1. The Labute approximate surface area is 98.7 Å². The van der Waals surface area contributed by atoms with Crippen LogP contribution in [0.2, 0.25) is 0 Å². The minimum atomic E-state index is -0.000573. The van der Waals surface area contributed by atoms with Gasteiger partial charge in [0.05, 0.1) is 0 Å². The number of nitrogens with zero attached hydrogens (tertiary/aromatic N) is 3. The van der Waals surface area contributed by atoms with Gasteiger partial charge in [0.15, 0.2) is 0 Å². The Morgan fingerprint density at radius 2 is 1.62 bits per heavy atom. The Morgan fingerprint density at radius 1 is 1.00 bits per heavy atom. The Bertz CT molecular complexity index is 345. The molecule has 1 rings (SSSR count). The molecule has 0 saturated heterocycles. The summed E-state index contributed by atoms with van der Waals surface area (Å²) < 4.78 is 0. The van der Waals surface area contributed by atoms with E-state index in [4.69, 9.17) is 0 Å². The Balaban J connectivity index is 2.76. The van der Waals surface area contributed by atoms with E-state index in [9.17, 15) is 0 Å². The maximum atomic E-state index is 4.52. The first-order valence-corrected chi connectivity index (χ1v) is 5.87. The minimum Gasteiger partial charge on any atom is -0.221 e. The van der Waals surface area contributed by atoms with Gasteiger partial charge in [-0.25, -0.2) is 15.0 Å². The Kier molecular flexibility index (Phi) is 3.66. The fourth-order valence-electron chi connectivity index (χ4n) is 1.30. The van der Waals surface area contributed by atoms with Crippen molar-refractivity contribution in [2.75, 3.05) is 0 Å². The van der Waals surface area contributed by atoms with Gasteiger partial charge in [-0.1, -0.05) is 41.5 Å². The molecular formula is C13H23N3. The maximum absolute atomic E-state index is 4.52. The van der Waals surface area contributed by atoms with Crippen LogP contribution in [0.25, 0.3) is 0 Å². The molecule has 0 amide bonds. The summed E-state index contributed by atoms with van der Waals surface area (Å²) in [6, 6.07) is 0. The standard InChI is InChI=1S/C13H23N3/c1-12(2,3)8-7-10-14-9-15-11(16-10)13(4,5)6/h9H,7-8H2,1-6H3. The van der Waals surface area contributed by atoms with Crippen molar-refractivity contribution in [3.63, 3.8) is 0 Å². The lowest BCUT2D eigenvalue weighted by Crippen LogP contribution is -2.18. The van der Waals surface area contributed by atoms with Gasteiger partial charge in [0, 0.05) is 11.8 Å². The van der Waals surface area contributed by atoms with Crippen molar-refractivity contribution in [2.45, 2.75) is 59.8 Å². The lowest BCUT2D eigenvalue weighted by molar-refractivity contribution is 0.373. The third-order valence-electron chi connectivity index (χ3n) is 2.39. The number of rotatable bonds is 2. The first-order valence-electron chi connectivity index (χ1n) is 5.87. The quantitative estimate of drug-likeness (QED) is 0.770. The van der Waals surface area contributed by atoms with Crippen molar-refractivity contribution in [3.05, 3.63) is 18.0 Å². The molecule has 0 fully saturated rings. The van der Waals surface area contributed by atoms with Gasteiger partial charge >= 0.3 is 0 Å². The molecule has 0 N–H and O–H groups in total. The van der Waals surface area contributed by atoms with Gasteiger partial charge in [0.1, 0.15) is 18.0 Å². The van der Waals surface area contributed by atoms with Gasteiger partial charge in [0.2, 0.25) is 0 Å². The smallest absolute Gasteiger partial charge is 0.137 e. The lowest BCUT2D eigenvalue weighted by atomic mass is 9.90. The molecule has 3 heteroatoms. The predicted octanol–water partition coefficient (Wildman–Crippen LogP) is 3.15. The van der Waals surface area contributed by atoms with Crippen LogP contribution < -0.4 is 0 Å². The van der Waals surface area contributed by atoms with Gasteiger partial charge in [0.25, 0.3) is 0 Å². The predicted molar refractivity (Wildman–Crippen MR) is 66.3 cm³/mol. The van der Waals surface area contributed by atoms with E-state index in [-0.39, 0.29) is 5.41 Å². The average molecular weight is 221 g/mol. The van der Waals surface area contributed by atoms with E-state index in [1.165, 1.54) is 0 Å². The molecule has 3 nitrogen and oxygen atoms in total. The second-order valence-electron chi connectivity index (χ2n) is 6.54. The fraction of sp³-hybridized carbons (Fsp3) is 0.769. The molecule has 0 atom stereocenters. The Hall–Kier alpha value is -0.990. The van der Waals surface area contributed by atoms with E-state index in [0.29, 0.717) is 5.41 Å².